The fourth-order valence-corrected chi connectivity index (χ4v) is 3.24. The molecule has 1 aromatic carbocycles. The standard InChI is InChI=1S/C21H17ClN4O2/c1-25-13-17(15-11-24-26(12-15)19-6-4-3-5-18(19)22)16(10-21(25)27)14-7-8-23-20(9-14)28-2/h3-13H,1-2H3. The highest BCUT2D eigenvalue weighted by Gasteiger charge is 2.14. The molecule has 0 aliphatic carbocycles. The first-order chi connectivity index (χ1) is 13.6. The molecule has 0 radical (unpaired) electrons. The third-order valence-corrected chi connectivity index (χ3v) is 4.80. The maximum Gasteiger partial charge on any atom is 0.250 e. The first kappa shape index (κ1) is 18.0. The van der Waals surface area contributed by atoms with Gasteiger partial charge in [0, 0.05) is 48.9 Å². The lowest BCUT2D eigenvalue weighted by atomic mass is 9.99. The third kappa shape index (κ3) is 3.30. The number of pyridine rings is 2. The Morgan fingerprint density at radius 2 is 1.86 bits per heavy atom. The van der Waals surface area contributed by atoms with Crippen LogP contribution in [0.5, 0.6) is 5.88 Å². The van der Waals surface area contributed by atoms with Crippen LogP contribution in [0.3, 0.4) is 0 Å². The molecule has 28 heavy (non-hydrogen) atoms. The van der Waals surface area contributed by atoms with Gasteiger partial charge in [-0.15, -0.1) is 0 Å². The molecule has 0 spiro atoms. The largest absolute Gasteiger partial charge is 0.481 e. The predicted molar refractivity (Wildman–Crippen MR) is 109 cm³/mol. The molecule has 0 N–H and O–H groups in total. The molecule has 0 fully saturated rings. The topological polar surface area (TPSA) is 61.9 Å². The summed E-state index contributed by atoms with van der Waals surface area (Å²) in [6, 6.07) is 12.8. The van der Waals surface area contributed by atoms with Gasteiger partial charge in [0.1, 0.15) is 0 Å². The number of para-hydroxylation sites is 1. The van der Waals surface area contributed by atoms with Crippen molar-refractivity contribution in [1.29, 1.82) is 0 Å². The molecule has 0 saturated heterocycles. The van der Waals surface area contributed by atoms with Gasteiger partial charge in [-0.3, -0.25) is 4.79 Å². The quantitative estimate of drug-likeness (QED) is 0.527. The highest BCUT2D eigenvalue weighted by molar-refractivity contribution is 6.32. The second-order valence-electron chi connectivity index (χ2n) is 6.26. The lowest BCUT2D eigenvalue weighted by molar-refractivity contribution is 0.398. The number of aromatic nitrogens is 4. The molecule has 140 valence electrons. The molecule has 3 heterocycles. The van der Waals surface area contributed by atoms with Crippen LogP contribution in [0.1, 0.15) is 0 Å². The molecule has 0 aliphatic heterocycles. The van der Waals surface area contributed by atoms with E-state index in [0.717, 1.165) is 27.9 Å². The second kappa shape index (κ2) is 7.32. The smallest absolute Gasteiger partial charge is 0.250 e. The Morgan fingerprint density at radius 3 is 2.64 bits per heavy atom. The van der Waals surface area contributed by atoms with E-state index in [0.29, 0.717) is 10.9 Å². The molecule has 0 amide bonds. The van der Waals surface area contributed by atoms with Gasteiger partial charge in [-0.2, -0.15) is 5.10 Å². The average molecular weight is 393 g/mol. The molecule has 0 atom stereocenters. The van der Waals surface area contributed by atoms with Crippen molar-refractivity contribution < 1.29 is 4.74 Å². The van der Waals surface area contributed by atoms with Crippen molar-refractivity contribution in [2.45, 2.75) is 0 Å². The molecular formula is C21H17ClN4O2. The zero-order valence-corrected chi connectivity index (χ0v) is 16.1. The van der Waals surface area contributed by atoms with Crippen LogP contribution >= 0.6 is 11.6 Å². The van der Waals surface area contributed by atoms with Crippen molar-refractivity contribution in [1.82, 2.24) is 19.3 Å². The Labute approximate surface area is 166 Å². The first-order valence-electron chi connectivity index (χ1n) is 8.58. The SMILES string of the molecule is COc1cc(-c2cc(=O)n(C)cc2-c2cnn(-c3ccccc3Cl)c2)ccn1. The Balaban J connectivity index is 1.88. The average Bonchev–Trinajstić information content (AvgIpc) is 3.20. The Kier molecular flexibility index (Phi) is 4.71. The Hall–Kier alpha value is -3.38. The van der Waals surface area contributed by atoms with Gasteiger partial charge in [-0.25, -0.2) is 9.67 Å². The lowest BCUT2D eigenvalue weighted by Gasteiger charge is -2.11. The van der Waals surface area contributed by atoms with E-state index >= 15 is 0 Å². The summed E-state index contributed by atoms with van der Waals surface area (Å²) >= 11 is 6.29. The van der Waals surface area contributed by atoms with Crippen LogP contribution in [0.4, 0.5) is 0 Å². The lowest BCUT2D eigenvalue weighted by Crippen LogP contribution is -2.15. The van der Waals surface area contributed by atoms with Gasteiger partial charge in [0.25, 0.3) is 5.56 Å². The monoisotopic (exact) mass is 392 g/mol. The van der Waals surface area contributed by atoms with Gasteiger partial charge in [0.15, 0.2) is 0 Å². The van der Waals surface area contributed by atoms with E-state index in [-0.39, 0.29) is 5.56 Å². The van der Waals surface area contributed by atoms with E-state index in [1.54, 1.807) is 54.1 Å². The van der Waals surface area contributed by atoms with E-state index in [1.165, 1.54) is 0 Å². The van der Waals surface area contributed by atoms with Crippen LogP contribution < -0.4 is 10.3 Å². The van der Waals surface area contributed by atoms with E-state index in [4.69, 9.17) is 16.3 Å². The number of halogens is 1. The fourth-order valence-electron chi connectivity index (χ4n) is 3.02. The van der Waals surface area contributed by atoms with Crippen molar-refractivity contribution in [3.05, 3.63) is 82.6 Å². The number of aryl methyl sites for hydroxylation is 1. The van der Waals surface area contributed by atoms with Gasteiger partial charge >= 0.3 is 0 Å². The number of hydrogen-bond acceptors (Lipinski definition) is 4. The minimum Gasteiger partial charge on any atom is -0.481 e. The van der Waals surface area contributed by atoms with Crippen LogP contribution in [0.25, 0.3) is 27.9 Å². The molecule has 4 rings (SSSR count). The molecule has 0 bridgehead atoms. The van der Waals surface area contributed by atoms with Crippen molar-refractivity contribution in [2.24, 2.45) is 7.05 Å². The number of methoxy groups -OCH3 is 1. The number of hydrogen-bond donors (Lipinski definition) is 0. The molecule has 7 heteroatoms. The first-order valence-corrected chi connectivity index (χ1v) is 8.95. The number of rotatable bonds is 4. The normalized spacial score (nSPS) is 10.8. The fraction of sp³-hybridized carbons (Fsp3) is 0.0952. The van der Waals surface area contributed by atoms with Crippen LogP contribution in [-0.4, -0.2) is 26.4 Å². The van der Waals surface area contributed by atoms with E-state index < -0.39 is 0 Å². The second-order valence-corrected chi connectivity index (χ2v) is 6.67. The summed E-state index contributed by atoms with van der Waals surface area (Å²) < 4.78 is 8.49. The Bertz CT molecular complexity index is 1210. The maximum absolute atomic E-state index is 12.3. The van der Waals surface area contributed by atoms with Crippen LogP contribution in [-0.2, 0) is 7.05 Å². The molecule has 0 saturated carbocycles. The highest BCUT2D eigenvalue weighted by Crippen LogP contribution is 2.32. The third-order valence-electron chi connectivity index (χ3n) is 4.48. The molecule has 3 aromatic heterocycles. The zero-order chi connectivity index (χ0) is 19.7. The van der Waals surface area contributed by atoms with Crippen molar-refractivity contribution in [3.63, 3.8) is 0 Å². The van der Waals surface area contributed by atoms with Gasteiger partial charge in [0.2, 0.25) is 5.88 Å². The van der Waals surface area contributed by atoms with Gasteiger partial charge in [-0.05, 0) is 29.3 Å². The van der Waals surface area contributed by atoms with E-state index in [2.05, 4.69) is 10.1 Å². The zero-order valence-electron chi connectivity index (χ0n) is 15.3. The Morgan fingerprint density at radius 1 is 1.04 bits per heavy atom. The van der Waals surface area contributed by atoms with Crippen molar-refractivity contribution in [3.8, 4) is 33.8 Å². The molecule has 4 aromatic rings. The predicted octanol–water partition coefficient (Wildman–Crippen LogP) is 3.96. The van der Waals surface area contributed by atoms with E-state index in [9.17, 15) is 4.79 Å². The molecule has 0 aliphatic rings. The van der Waals surface area contributed by atoms with E-state index in [1.807, 2.05) is 36.5 Å². The summed E-state index contributed by atoms with van der Waals surface area (Å²) in [4.78, 5) is 16.4. The van der Waals surface area contributed by atoms with Crippen LogP contribution in [0, 0.1) is 0 Å². The van der Waals surface area contributed by atoms with Crippen molar-refractivity contribution in [2.75, 3.05) is 7.11 Å². The minimum atomic E-state index is -0.104. The van der Waals surface area contributed by atoms with Gasteiger partial charge < -0.3 is 9.30 Å². The molecule has 6 nitrogen and oxygen atoms in total. The minimum absolute atomic E-state index is 0.104. The number of benzene rings is 1. The summed E-state index contributed by atoms with van der Waals surface area (Å²) in [5, 5.41) is 5.06. The van der Waals surface area contributed by atoms with Crippen LogP contribution in [0.2, 0.25) is 5.02 Å². The molecular weight excluding hydrogens is 376 g/mol. The highest BCUT2D eigenvalue weighted by atomic mass is 35.5. The summed E-state index contributed by atoms with van der Waals surface area (Å²) in [7, 11) is 3.28. The number of nitrogens with zero attached hydrogens (tertiary/aromatic N) is 4. The summed E-state index contributed by atoms with van der Waals surface area (Å²) in [6.45, 7) is 0. The van der Waals surface area contributed by atoms with Gasteiger partial charge in [-0.1, -0.05) is 23.7 Å². The summed E-state index contributed by atoms with van der Waals surface area (Å²) in [5.74, 6) is 0.482. The molecule has 0 unspecified atom stereocenters. The number of ether oxygens (including phenoxy) is 1. The maximum atomic E-state index is 12.3. The summed E-state index contributed by atoms with van der Waals surface area (Å²) in [5.41, 5.74) is 4.03. The summed E-state index contributed by atoms with van der Waals surface area (Å²) in [6.07, 6.45) is 7.11. The van der Waals surface area contributed by atoms with Gasteiger partial charge in [0.05, 0.1) is 24.0 Å². The van der Waals surface area contributed by atoms with Crippen LogP contribution in [0.15, 0.2) is 72.0 Å². The van der Waals surface area contributed by atoms with Crippen molar-refractivity contribution >= 4 is 11.6 Å².